The normalized spacial score (nSPS) is 11.0. The number of ether oxygens (including phenoxy) is 1. The molecule has 0 aliphatic heterocycles. The van der Waals surface area contributed by atoms with E-state index in [4.69, 9.17) is 5.11 Å². The van der Waals surface area contributed by atoms with Crippen LogP contribution in [0.5, 0.6) is 0 Å². The maximum atomic E-state index is 12.0. The fourth-order valence-corrected chi connectivity index (χ4v) is 3.32. The van der Waals surface area contributed by atoms with E-state index in [1.807, 2.05) is 0 Å². The summed E-state index contributed by atoms with van der Waals surface area (Å²) >= 11 is 0. The molecule has 2 aromatic rings. The molecule has 0 unspecified atom stereocenters. The predicted molar refractivity (Wildman–Crippen MR) is 98.1 cm³/mol. The fourth-order valence-electron chi connectivity index (χ4n) is 2.22. The monoisotopic (exact) mass is 394 g/mol. The van der Waals surface area contributed by atoms with Crippen molar-refractivity contribution in [2.24, 2.45) is 0 Å². The van der Waals surface area contributed by atoms with E-state index in [0.29, 0.717) is 16.9 Å². The van der Waals surface area contributed by atoms with Crippen LogP contribution >= 0.6 is 0 Å². The number of nitrogens with one attached hydrogen (secondary N) is 2. The van der Waals surface area contributed by atoms with E-state index in [9.17, 15) is 22.8 Å². The molecule has 1 heterocycles. The average Bonchev–Trinajstić information content (AvgIpc) is 2.58. The molecule has 27 heavy (non-hydrogen) atoms. The van der Waals surface area contributed by atoms with Gasteiger partial charge in [-0.25, -0.2) is 13.2 Å². The van der Waals surface area contributed by atoms with E-state index in [2.05, 4.69) is 14.4 Å². The Morgan fingerprint density at radius 1 is 1.15 bits per heavy atom. The van der Waals surface area contributed by atoms with E-state index >= 15 is 0 Å². The molecule has 10 heteroatoms. The zero-order chi connectivity index (χ0) is 20.0. The SMILES string of the molecule is CC(=O)OCCCS(=O)(=O)Nc1ccc(-c2ccc(C(=O)O)c(=O)[nH]2)cc1. The van der Waals surface area contributed by atoms with Gasteiger partial charge in [-0.05, 0) is 36.2 Å². The zero-order valence-corrected chi connectivity index (χ0v) is 15.2. The molecule has 0 aliphatic carbocycles. The number of anilines is 1. The predicted octanol–water partition coefficient (Wildman–Crippen LogP) is 1.43. The third-order valence-corrected chi connectivity index (χ3v) is 4.84. The second-order valence-electron chi connectivity index (χ2n) is 5.61. The van der Waals surface area contributed by atoms with Crippen molar-refractivity contribution in [2.75, 3.05) is 17.1 Å². The van der Waals surface area contributed by atoms with Crippen LogP contribution in [-0.4, -0.2) is 42.8 Å². The van der Waals surface area contributed by atoms with Crippen LogP contribution in [0, 0.1) is 0 Å². The third-order valence-electron chi connectivity index (χ3n) is 3.47. The van der Waals surface area contributed by atoms with Gasteiger partial charge in [-0.3, -0.25) is 14.3 Å². The highest BCUT2D eigenvalue weighted by atomic mass is 32.2. The van der Waals surface area contributed by atoms with E-state index in [1.165, 1.54) is 31.2 Å². The van der Waals surface area contributed by atoms with Crippen molar-refractivity contribution in [3.63, 3.8) is 0 Å². The highest BCUT2D eigenvalue weighted by molar-refractivity contribution is 7.92. The Morgan fingerprint density at radius 2 is 1.81 bits per heavy atom. The van der Waals surface area contributed by atoms with Gasteiger partial charge < -0.3 is 14.8 Å². The Bertz CT molecular complexity index is 995. The molecule has 0 amide bonds. The second kappa shape index (κ2) is 8.49. The molecule has 0 bridgehead atoms. The lowest BCUT2D eigenvalue weighted by molar-refractivity contribution is -0.140. The molecule has 0 saturated carbocycles. The number of sulfonamides is 1. The van der Waals surface area contributed by atoms with Crippen LogP contribution < -0.4 is 10.3 Å². The lowest BCUT2D eigenvalue weighted by atomic mass is 10.1. The molecule has 3 N–H and O–H groups in total. The van der Waals surface area contributed by atoms with Gasteiger partial charge in [-0.1, -0.05) is 12.1 Å². The summed E-state index contributed by atoms with van der Waals surface area (Å²) in [7, 11) is -3.60. The third kappa shape index (κ3) is 5.96. The van der Waals surface area contributed by atoms with Crippen LogP contribution in [0.1, 0.15) is 23.7 Å². The number of pyridine rings is 1. The maximum Gasteiger partial charge on any atom is 0.341 e. The molecular weight excluding hydrogens is 376 g/mol. The van der Waals surface area contributed by atoms with Gasteiger partial charge in [0.2, 0.25) is 10.0 Å². The second-order valence-corrected chi connectivity index (χ2v) is 7.45. The van der Waals surface area contributed by atoms with Gasteiger partial charge in [0.1, 0.15) is 5.56 Å². The number of aromatic carboxylic acids is 1. The molecule has 0 saturated heterocycles. The quantitative estimate of drug-likeness (QED) is 0.454. The number of esters is 1. The first-order chi connectivity index (χ1) is 12.7. The molecule has 1 aromatic heterocycles. The molecule has 0 radical (unpaired) electrons. The first-order valence-electron chi connectivity index (χ1n) is 7.89. The van der Waals surface area contributed by atoms with Crippen molar-refractivity contribution in [3.8, 4) is 11.3 Å². The minimum atomic E-state index is -3.60. The summed E-state index contributed by atoms with van der Waals surface area (Å²) in [5, 5.41) is 8.87. The lowest BCUT2D eigenvalue weighted by Gasteiger charge is -2.09. The number of hydrogen-bond donors (Lipinski definition) is 3. The topological polar surface area (TPSA) is 143 Å². The molecule has 0 fully saturated rings. The standard InChI is InChI=1S/C17H18N2O7S/c1-11(20)26-9-2-10-27(24,25)19-13-5-3-12(4-6-13)15-8-7-14(17(22)23)16(21)18-15/h3-8,19H,2,9-10H2,1H3,(H,18,21)(H,22,23). The summed E-state index contributed by atoms with van der Waals surface area (Å²) in [5.74, 6) is -1.99. The van der Waals surface area contributed by atoms with Crippen molar-refractivity contribution in [1.29, 1.82) is 0 Å². The summed E-state index contributed by atoms with van der Waals surface area (Å²) in [5.41, 5.74) is 0.229. The highest BCUT2D eigenvalue weighted by Gasteiger charge is 2.12. The summed E-state index contributed by atoms with van der Waals surface area (Å²) in [4.78, 5) is 35.7. The van der Waals surface area contributed by atoms with Gasteiger partial charge in [-0.15, -0.1) is 0 Å². The van der Waals surface area contributed by atoms with E-state index < -0.39 is 27.5 Å². The first-order valence-corrected chi connectivity index (χ1v) is 9.54. The van der Waals surface area contributed by atoms with Crippen LogP contribution in [0.3, 0.4) is 0 Å². The average molecular weight is 394 g/mol. The van der Waals surface area contributed by atoms with Crippen LogP contribution in [0.25, 0.3) is 11.3 Å². The summed E-state index contributed by atoms with van der Waals surface area (Å²) in [6.07, 6.45) is 0.171. The number of rotatable bonds is 8. The Balaban J connectivity index is 2.04. The highest BCUT2D eigenvalue weighted by Crippen LogP contribution is 2.19. The van der Waals surface area contributed by atoms with E-state index in [-0.39, 0.29) is 24.3 Å². The van der Waals surface area contributed by atoms with Gasteiger partial charge in [0.05, 0.1) is 12.4 Å². The largest absolute Gasteiger partial charge is 0.477 e. The Labute approximate surface area is 155 Å². The van der Waals surface area contributed by atoms with E-state index in [0.717, 1.165) is 0 Å². The van der Waals surface area contributed by atoms with Gasteiger partial charge in [0.15, 0.2) is 0 Å². The van der Waals surface area contributed by atoms with Crippen LogP contribution in [-0.2, 0) is 19.6 Å². The summed E-state index contributed by atoms with van der Waals surface area (Å²) in [6.45, 7) is 1.27. The smallest absolute Gasteiger partial charge is 0.341 e. The van der Waals surface area contributed by atoms with Gasteiger partial charge >= 0.3 is 11.9 Å². The number of carbonyl (C=O) groups excluding carboxylic acids is 1. The molecule has 1 aromatic carbocycles. The number of H-pyrrole nitrogens is 1. The minimum absolute atomic E-state index is 0.0227. The molecular formula is C17H18N2O7S. The molecule has 144 valence electrons. The number of aromatic amines is 1. The van der Waals surface area contributed by atoms with E-state index in [1.54, 1.807) is 12.1 Å². The Hall–Kier alpha value is -3.14. The van der Waals surface area contributed by atoms with Crippen molar-refractivity contribution < 1.29 is 27.9 Å². The maximum absolute atomic E-state index is 12.0. The number of carboxylic acid groups (broad SMARTS) is 1. The first kappa shape index (κ1) is 20.2. The summed E-state index contributed by atoms with van der Waals surface area (Å²) in [6, 6.07) is 8.87. The molecule has 0 atom stereocenters. The van der Waals surface area contributed by atoms with Crippen molar-refractivity contribution in [1.82, 2.24) is 4.98 Å². The number of aromatic nitrogens is 1. The number of carboxylic acids is 1. The molecule has 9 nitrogen and oxygen atoms in total. The Kier molecular flexibility index (Phi) is 6.35. The Morgan fingerprint density at radius 3 is 2.37 bits per heavy atom. The van der Waals surface area contributed by atoms with Gasteiger partial charge in [0.25, 0.3) is 5.56 Å². The number of hydrogen-bond acceptors (Lipinski definition) is 6. The molecule has 0 aliphatic rings. The number of benzene rings is 1. The number of carbonyl (C=O) groups is 2. The van der Waals surface area contributed by atoms with Crippen LogP contribution in [0.15, 0.2) is 41.2 Å². The van der Waals surface area contributed by atoms with Gasteiger partial charge in [0, 0.05) is 18.3 Å². The zero-order valence-electron chi connectivity index (χ0n) is 14.4. The lowest BCUT2D eigenvalue weighted by Crippen LogP contribution is -2.18. The van der Waals surface area contributed by atoms with Crippen LogP contribution in [0.4, 0.5) is 5.69 Å². The fraction of sp³-hybridized carbons (Fsp3) is 0.235. The van der Waals surface area contributed by atoms with Gasteiger partial charge in [-0.2, -0.15) is 0 Å². The molecule has 2 rings (SSSR count). The minimum Gasteiger partial charge on any atom is -0.477 e. The molecule has 0 spiro atoms. The van der Waals surface area contributed by atoms with Crippen molar-refractivity contribution in [3.05, 3.63) is 52.3 Å². The van der Waals surface area contributed by atoms with Crippen molar-refractivity contribution in [2.45, 2.75) is 13.3 Å². The van der Waals surface area contributed by atoms with Crippen LogP contribution in [0.2, 0.25) is 0 Å². The van der Waals surface area contributed by atoms with Crippen molar-refractivity contribution >= 4 is 27.6 Å². The summed E-state index contributed by atoms with van der Waals surface area (Å²) < 4.78 is 31.1.